The third-order valence-electron chi connectivity index (χ3n) is 4.68. The second-order valence-electron chi connectivity index (χ2n) is 6.20. The summed E-state index contributed by atoms with van der Waals surface area (Å²) in [6.07, 6.45) is 1.76. The Labute approximate surface area is 134 Å². The van der Waals surface area contributed by atoms with E-state index in [0.717, 1.165) is 47.6 Å². The van der Waals surface area contributed by atoms with Gasteiger partial charge >= 0.3 is 0 Å². The molecule has 0 atom stereocenters. The molecule has 1 aliphatic rings. The number of benzene rings is 1. The molecule has 3 aromatic rings. The van der Waals surface area contributed by atoms with Crippen LogP contribution < -0.4 is 0 Å². The van der Waals surface area contributed by atoms with Crippen LogP contribution in [0.2, 0.25) is 0 Å². The maximum atomic E-state index is 13.9. The van der Waals surface area contributed by atoms with E-state index in [0.29, 0.717) is 6.54 Å². The van der Waals surface area contributed by atoms with Gasteiger partial charge in [0.15, 0.2) is 0 Å². The SMILES string of the molecule is Cc1nc2n(c1C)CCN(Cc1cc(F)cc3cccnc13)C2. The van der Waals surface area contributed by atoms with Crippen molar-refractivity contribution in [2.45, 2.75) is 33.5 Å². The van der Waals surface area contributed by atoms with Gasteiger partial charge in [0.1, 0.15) is 11.6 Å². The molecule has 0 saturated heterocycles. The lowest BCUT2D eigenvalue weighted by Crippen LogP contribution is -2.33. The standard InChI is InChI=1S/C18H19FN4/c1-12-13(2)23-7-6-22(11-17(23)21-12)10-15-9-16(19)8-14-4-3-5-20-18(14)15/h3-5,8-9H,6-7,10-11H2,1-2H3. The first kappa shape index (κ1) is 14.3. The third kappa shape index (κ3) is 2.51. The van der Waals surface area contributed by atoms with Crippen molar-refractivity contribution in [2.24, 2.45) is 0 Å². The Kier molecular flexibility index (Phi) is 3.38. The van der Waals surface area contributed by atoms with E-state index < -0.39 is 0 Å². The molecule has 0 bridgehead atoms. The lowest BCUT2D eigenvalue weighted by Gasteiger charge is -2.28. The van der Waals surface area contributed by atoms with Crippen LogP contribution >= 0.6 is 0 Å². The average molecular weight is 310 g/mol. The fraction of sp³-hybridized carbons (Fsp3) is 0.333. The predicted molar refractivity (Wildman–Crippen MR) is 87.5 cm³/mol. The second-order valence-corrected chi connectivity index (χ2v) is 6.20. The number of aryl methyl sites for hydroxylation is 1. The van der Waals surface area contributed by atoms with E-state index in [-0.39, 0.29) is 5.82 Å². The highest BCUT2D eigenvalue weighted by atomic mass is 19.1. The zero-order valence-electron chi connectivity index (χ0n) is 13.4. The van der Waals surface area contributed by atoms with Crippen molar-refractivity contribution in [1.29, 1.82) is 0 Å². The molecule has 1 aliphatic heterocycles. The van der Waals surface area contributed by atoms with E-state index in [2.05, 4.69) is 33.3 Å². The van der Waals surface area contributed by atoms with Crippen molar-refractivity contribution in [3.63, 3.8) is 0 Å². The van der Waals surface area contributed by atoms with Crippen LogP contribution in [-0.4, -0.2) is 26.0 Å². The molecule has 0 saturated carbocycles. The van der Waals surface area contributed by atoms with Crippen molar-refractivity contribution in [1.82, 2.24) is 19.4 Å². The van der Waals surface area contributed by atoms with Gasteiger partial charge in [-0.2, -0.15) is 0 Å². The smallest absolute Gasteiger partial charge is 0.124 e. The maximum Gasteiger partial charge on any atom is 0.124 e. The number of imidazole rings is 1. The van der Waals surface area contributed by atoms with Crippen molar-refractivity contribution in [3.8, 4) is 0 Å². The zero-order valence-corrected chi connectivity index (χ0v) is 13.4. The van der Waals surface area contributed by atoms with Crippen LogP contribution in [0.3, 0.4) is 0 Å². The quantitative estimate of drug-likeness (QED) is 0.729. The molecule has 4 rings (SSSR count). The highest BCUT2D eigenvalue weighted by Gasteiger charge is 2.21. The van der Waals surface area contributed by atoms with Gasteiger partial charge in [0.25, 0.3) is 0 Å². The predicted octanol–water partition coefficient (Wildman–Crippen LogP) is 3.20. The molecule has 3 heterocycles. The Hall–Kier alpha value is -2.27. The van der Waals surface area contributed by atoms with Gasteiger partial charge in [-0.15, -0.1) is 0 Å². The Morgan fingerprint density at radius 1 is 1.22 bits per heavy atom. The fourth-order valence-electron chi connectivity index (χ4n) is 3.39. The van der Waals surface area contributed by atoms with E-state index in [1.807, 2.05) is 12.1 Å². The second kappa shape index (κ2) is 5.42. The third-order valence-corrected chi connectivity index (χ3v) is 4.68. The molecule has 0 spiro atoms. The normalized spacial score (nSPS) is 15.1. The summed E-state index contributed by atoms with van der Waals surface area (Å²) < 4.78 is 16.2. The number of aromatic nitrogens is 3. The summed E-state index contributed by atoms with van der Waals surface area (Å²) in [6, 6.07) is 6.90. The molecule has 0 unspecified atom stereocenters. The molecule has 2 aromatic heterocycles. The number of fused-ring (bicyclic) bond motifs is 2. The van der Waals surface area contributed by atoms with Crippen molar-refractivity contribution >= 4 is 10.9 Å². The van der Waals surface area contributed by atoms with Gasteiger partial charge in [0, 0.05) is 36.9 Å². The summed E-state index contributed by atoms with van der Waals surface area (Å²) in [5.74, 6) is 0.894. The summed E-state index contributed by atoms with van der Waals surface area (Å²) in [4.78, 5) is 11.4. The van der Waals surface area contributed by atoms with Gasteiger partial charge in [0.05, 0.1) is 17.8 Å². The van der Waals surface area contributed by atoms with Gasteiger partial charge in [-0.25, -0.2) is 9.37 Å². The van der Waals surface area contributed by atoms with Crippen molar-refractivity contribution in [3.05, 3.63) is 59.1 Å². The first-order valence-electron chi connectivity index (χ1n) is 7.90. The summed E-state index contributed by atoms with van der Waals surface area (Å²) in [7, 11) is 0. The monoisotopic (exact) mass is 310 g/mol. The van der Waals surface area contributed by atoms with Crippen LogP contribution in [0.25, 0.3) is 10.9 Å². The van der Waals surface area contributed by atoms with E-state index in [1.165, 1.54) is 5.69 Å². The van der Waals surface area contributed by atoms with Gasteiger partial charge in [-0.1, -0.05) is 6.07 Å². The number of hydrogen-bond acceptors (Lipinski definition) is 3. The number of nitrogens with zero attached hydrogens (tertiary/aromatic N) is 4. The minimum atomic E-state index is -0.203. The molecule has 0 amide bonds. The topological polar surface area (TPSA) is 34.0 Å². The van der Waals surface area contributed by atoms with Crippen molar-refractivity contribution in [2.75, 3.05) is 6.54 Å². The Morgan fingerprint density at radius 3 is 2.96 bits per heavy atom. The van der Waals surface area contributed by atoms with Crippen LogP contribution in [0.15, 0.2) is 30.5 Å². The molecule has 5 heteroatoms. The lowest BCUT2D eigenvalue weighted by molar-refractivity contribution is 0.208. The van der Waals surface area contributed by atoms with E-state index in [9.17, 15) is 4.39 Å². The lowest BCUT2D eigenvalue weighted by atomic mass is 10.1. The zero-order chi connectivity index (χ0) is 16.0. The fourth-order valence-corrected chi connectivity index (χ4v) is 3.39. The molecule has 118 valence electrons. The first-order valence-corrected chi connectivity index (χ1v) is 7.90. The van der Waals surface area contributed by atoms with E-state index in [1.54, 1.807) is 18.3 Å². The molecular weight excluding hydrogens is 291 g/mol. The molecule has 4 nitrogen and oxygen atoms in total. The highest BCUT2D eigenvalue weighted by molar-refractivity contribution is 5.81. The molecular formula is C18H19FN4. The summed E-state index contributed by atoms with van der Waals surface area (Å²) in [5.41, 5.74) is 4.17. The number of rotatable bonds is 2. The Bertz CT molecular complexity index is 884. The number of hydrogen-bond donors (Lipinski definition) is 0. The van der Waals surface area contributed by atoms with Crippen LogP contribution in [0.4, 0.5) is 4.39 Å². The van der Waals surface area contributed by atoms with Crippen LogP contribution in [0.1, 0.15) is 22.8 Å². The number of halogens is 1. The van der Waals surface area contributed by atoms with Crippen LogP contribution in [0, 0.1) is 19.7 Å². The minimum Gasteiger partial charge on any atom is -0.330 e. The molecule has 0 radical (unpaired) electrons. The first-order chi connectivity index (χ1) is 11.1. The summed E-state index contributed by atoms with van der Waals surface area (Å²) >= 11 is 0. The average Bonchev–Trinajstić information content (AvgIpc) is 2.81. The summed E-state index contributed by atoms with van der Waals surface area (Å²) in [5, 5.41) is 0.854. The van der Waals surface area contributed by atoms with Gasteiger partial charge in [-0.05, 0) is 37.6 Å². The number of pyridine rings is 1. The van der Waals surface area contributed by atoms with Crippen molar-refractivity contribution < 1.29 is 4.39 Å². The molecule has 23 heavy (non-hydrogen) atoms. The van der Waals surface area contributed by atoms with Gasteiger partial charge in [0.2, 0.25) is 0 Å². The molecule has 0 N–H and O–H groups in total. The maximum absolute atomic E-state index is 13.9. The van der Waals surface area contributed by atoms with Gasteiger partial charge in [-0.3, -0.25) is 9.88 Å². The Morgan fingerprint density at radius 2 is 2.09 bits per heavy atom. The molecule has 0 fully saturated rings. The van der Waals surface area contributed by atoms with E-state index in [4.69, 9.17) is 0 Å². The van der Waals surface area contributed by atoms with Crippen LogP contribution in [0.5, 0.6) is 0 Å². The molecule has 1 aromatic carbocycles. The largest absolute Gasteiger partial charge is 0.330 e. The van der Waals surface area contributed by atoms with Gasteiger partial charge < -0.3 is 4.57 Å². The van der Waals surface area contributed by atoms with E-state index >= 15 is 0 Å². The molecule has 0 aliphatic carbocycles. The summed E-state index contributed by atoms with van der Waals surface area (Å²) in [6.45, 7) is 7.52. The Balaban J connectivity index is 1.64. The minimum absolute atomic E-state index is 0.203. The highest BCUT2D eigenvalue weighted by Crippen LogP contribution is 2.23. The van der Waals surface area contributed by atoms with Crippen LogP contribution in [-0.2, 0) is 19.6 Å².